The molecule has 25 heavy (non-hydrogen) atoms. The second kappa shape index (κ2) is 7.68. The average molecular weight is 355 g/mol. The molecular formula is C20H21NO3S. The molecule has 3 aromatic rings. The number of furan rings is 1. The Labute approximate surface area is 151 Å². The predicted molar refractivity (Wildman–Crippen MR) is 98.8 cm³/mol. The van der Waals surface area contributed by atoms with Gasteiger partial charge in [-0.15, -0.1) is 11.3 Å². The standard InChI is InChI=1S/C20H21NO3S/c1-2-5-15-8-10-16(11-9-15)19(22)21-14-20(23,17-6-3-12-24-17)18-7-4-13-25-18/h3-4,6-13,23H,2,5,14H2,1H3,(H,21,22). The van der Waals surface area contributed by atoms with Crippen molar-refractivity contribution in [3.63, 3.8) is 0 Å². The molecule has 1 aromatic carbocycles. The van der Waals surface area contributed by atoms with Gasteiger partial charge in [0.05, 0.1) is 12.8 Å². The number of hydrogen-bond acceptors (Lipinski definition) is 4. The van der Waals surface area contributed by atoms with Crippen LogP contribution in [0.2, 0.25) is 0 Å². The number of amides is 1. The van der Waals surface area contributed by atoms with Gasteiger partial charge in [-0.05, 0) is 47.7 Å². The molecule has 5 heteroatoms. The van der Waals surface area contributed by atoms with Crippen LogP contribution >= 0.6 is 11.3 Å². The third-order valence-corrected chi connectivity index (χ3v) is 5.14. The molecule has 2 aromatic heterocycles. The number of benzene rings is 1. The summed E-state index contributed by atoms with van der Waals surface area (Å²) in [6.45, 7) is 2.16. The second-order valence-electron chi connectivity index (χ2n) is 5.94. The summed E-state index contributed by atoms with van der Waals surface area (Å²) in [6.07, 6.45) is 3.59. The van der Waals surface area contributed by atoms with Crippen molar-refractivity contribution in [1.82, 2.24) is 5.32 Å². The minimum Gasteiger partial charge on any atom is -0.466 e. The Morgan fingerprint density at radius 2 is 2.00 bits per heavy atom. The van der Waals surface area contributed by atoms with Crippen LogP contribution in [0.15, 0.2) is 64.6 Å². The summed E-state index contributed by atoms with van der Waals surface area (Å²) in [4.78, 5) is 13.2. The lowest BCUT2D eigenvalue weighted by molar-refractivity contribution is 0.0554. The number of aryl methyl sites for hydroxylation is 1. The lowest BCUT2D eigenvalue weighted by Gasteiger charge is -2.25. The largest absolute Gasteiger partial charge is 0.466 e. The van der Waals surface area contributed by atoms with Crippen molar-refractivity contribution in [2.45, 2.75) is 25.4 Å². The van der Waals surface area contributed by atoms with Gasteiger partial charge in [-0.3, -0.25) is 4.79 Å². The van der Waals surface area contributed by atoms with E-state index in [-0.39, 0.29) is 12.5 Å². The van der Waals surface area contributed by atoms with Crippen LogP contribution in [0.1, 0.15) is 39.9 Å². The number of nitrogens with one attached hydrogen (secondary N) is 1. The first-order valence-electron chi connectivity index (χ1n) is 8.31. The maximum atomic E-state index is 12.5. The SMILES string of the molecule is CCCc1ccc(C(=O)NCC(O)(c2ccco2)c2cccs2)cc1. The van der Waals surface area contributed by atoms with Gasteiger partial charge in [0.2, 0.25) is 0 Å². The molecule has 0 fully saturated rings. The zero-order valence-corrected chi connectivity index (χ0v) is 14.9. The maximum absolute atomic E-state index is 12.5. The summed E-state index contributed by atoms with van der Waals surface area (Å²) in [6, 6.07) is 14.7. The van der Waals surface area contributed by atoms with E-state index in [1.807, 2.05) is 41.8 Å². The lowest BCUT2D eigenvalue weighted by atomic mass is 9.98. The summed E-state index contributed by atoms with van der Waals surface area (Å²) in [5.74, 6) is 0.193. The zero-order valence-electron chi connectivity index (χ0n) is 14.1. The van der Waals surface area contributed by atoms with E-state index in [4.69, 9.17) is 4.42 Å². The van der Waals surface area contributed by atoms with Gasteiger partial charge >= 0.3 is 0 Å². The number of thiophene rings is 1. The van der Waals surface area contributed by atoms with E-state index in [1.54, 1.807) is 12.1 Å². The van der Waals surface area contributed by atoms with Crippen molar-refractivity contribution in [3.8, 4) is 0 Å². The smallest absolute Gasteiger partial charge is 0.251 e. The second-order valence-corrected chi connectivity index (χ2v) is 6.89. The summed E-state index contributed by atoms with van der Waals surface area (Å²) in [5, 5.41) is 15.9. The fraction of sp³-hybridized carbons (Fsp3) is 0.250. The first-order chi connectivity index (χ1) is 12.1. The van der Waals surface area contributed by atoms with Crippen LogP contribution < -0.4 is 5.32 Å². The molecular weight excluding hydrogens is 334 g/mol. The number of carbonyl (C=O) groups is 1. The maximum Gasteiger partial charge on any atom is 0.251 e. The molecule has 0 saturated carbocycles. The monoisotopic (exact) mass is 355 g/mol. The first kappa shape index (κ1) is 17.5. The van der Waals surface area contributed by atoms with Crippen LogP contribution in [0.5, 0.6) is 0 Å². The molecule has 0 aliphatic heterocycles. The highest BCUT2D eigenvalue weighted by atomic mass is 32.1. The number of aliphatic hydroxyl groups is 1. The van der Waals surface area contributed by atoms with E-state index in [1.165, 1.54) is 23.2 Å². The normalized spacial score (nSPS) is 13.4. The molecule has 4 nitrogen and oxygen atoms in total. The van der Waals surface area contributed by atoms with Crippen molar-refractivity contribution in [1.29, 1.82) is 0 Å². The zero-order chi connectivity index (χ0) is 17.7. The van der Waals surface area contributed by atoms with Gasteiger partial charge in [-0.2, -0.15) is 0 Å². The quantitative estimate of drug-likeness (QED) is 0.674. The van der Waals surface area contributed by atoms with Crippen molar-refractivity contribution >= 4 is 17.2 Å². The van der Waals surface area contributed by atoms with E-state index in [0.717, 1.165) is 17.7 Å². The molecule has 2 N–H and O–H groups in total. The van der Waals surface area contributed by atoms with Gasteiger partial charge in [0.25, 0.3) is 5.91 Å². The molecule has 1 unspecified atom stereocenters. The first-order valence-corrected chi connectivity index (χ1v) is 9.19. The van der Waals surface area contributed by atoms with E-state index in [0.29, 0.717) is 11.3 Å². The third-order valence-electron chi connectivity index (χ3n) is 4.12. The molecule has 0 saturated heterocycles. The third kappa shape index (κ3) is 3.83. The molecule has 0 bridgehead atoms. The lowest BCUT2D eigenvalue weighted by Crippen LogP contribution is -2.41. The van der Waals surface area contributed by atoms with Crippen LogP contribution in [0.4, 0.5) is 0 Å². The van der Waals surface area contributed by atoms with Crippen LogP contribution in [0.25, 0.3) is 0 Å². The van der Waals surface area contributed by atoms with Crippen molar-refractivity contribution in [2.75, 3.05) is 6.54 Å². The summed E-state index contributed by atoms with van der Waals surface area (Å²) >= 11 is 1.42. The van der Waals surface area contributed by atoms with Gasteiger partial charge in [-0.1, -0.05) is 31.5 Å². The molecule has 1 atom stereocenters. The van der Waals surface area contributed by atoms with Crippen molar-refractivity contribution in [2.24, 2.45) is 0 Å². The Kier molecular flexibility index (Phi) is 5.36. The van der Waals surface area contributed by atoms with Gasteiger partial charge in [0, 0.05) is 10.4 Å². The Morgan fingerprint density at radius 3 is 2.60 bits per heavy atom. The number of hydrogen-bond donors (Lipinski definition) is 2. The highest BCUT2D eigenvalue weighted by molar-refractivity contribution is 7.10. The Bertz CT molecular complexity index is 758. The van der Waals surface area contributed by atoms with Crippen LogP contribution in [0.3, 0.4) is 0 Å². The Hall–Kier alpha value is -2.37. The van der Waals surface area contributed by atoms with Crippen LogP contribution in [-0.4, -0.2) is 17.6 Å². The Morgan fingerprint density at radius 1 is 1.20 bits per heavy atom. The van der Waals surface area contributed by atoms with Gasteiger partial charge < -0.3 is 14.8 Å². The molecule has 2 heterocycles. The number of carbonyl (C=O) groups excluding carboxylic acids is 1. The summed E-state index contributed by atoms with van der Waals surface area (Å²) < 4.78 is 5.41. The van der Waals surface area contributed by atoms with Gasteiger partial charge in [0.15, 0.2) is 5.60 Å². The minimum absolute atomic E-state index is 0.0383. The van der Waals surface area contributed by atoms with Crippen LogP contribution in [0, 0.1) is 0 Å². The van der Waals surface area contributed by atoms with E-state index in [9.17, 15) is 9.90 Å². The highest BCUT2D eigenvalue weighted by Crippen LogP contribution is 2.32. The molecule has 0 aliphatic carbocycles. The van der Waals surface area contributed by atoms with E-state index >= 15 is 0 Å². The molecule has 0 aliphatic rings. The van der Waals surface area contributed by atoms with Gasteiger partial charge in [0.1, 0.15) is 5.76 Å². The van der Waals surface area contributed by atoms with Crippen molar-refractivity contribution < 1.29 is 14.3 Å². The van der Waals surface area contributed by atoms with Gasteiger partial charge in [-0.25, -0.2) is 0 Å². The summed E-state index contributed by atoms with van der Waals surface area (Å²) in [7, 11) is 0. The topological polar surface area (TPSA) is 62.5 Å². The highest BCUT2D eigenvalue weighted by Gasteiger charge is 2.36. The molecule has 1 amide bonds. The molecule has 0 spiro atoms. The average Bonchev–Trinajstić information content (AvgIpc) is 3.34. The van der Waals surface area contributed by atoms with Crippen molar-refractivity contribution in [3.05, 3.63) is 81.9 Å². The predicted octanol–water partition coefficient (Wildman–Crippen LogP) is 3.96. The molecule has 130 valence electrons. The molecule has 0 radical (unpaired) electrons. The molecule has 3 rings (SSSR count). The van der Waals surface area contributed by atoms with E-state index in [2.05, 4.69) is 12.2 Å². The van der Waals surface area contributed by atoms with E-state index < -0.39 is 5.60 Å². The fourth-order valence-corrected chi connectivity index (χ4v) is 3.57. The minimum atomic E-state index is -1.38. The fourth-order valence-electron chi connectivity index (χ4n) is 2.75. The summed E-state index contributed by atoms with van der Waals surface area (Å²) in [5.41, 5.74) is 0.410. The van der Waals surface area contributed by atoms with Crippen LogP contribution in [-0.2, 0) is 12.0 Å². The number of rotatable bonds is 7. The Balaban J connectivity index is 1.74.